The molecule has 5 rings (SSSR count). The molecule has 0 bridgehead atoms. The van der Waals surface area contributed by atoms with Gasteiger partial charge in [0.2, 0.25) is 0 Å². The highest BCUT2D eigenvalue weighted by Gasteiger charge is 2.26. The maximum absolute atomic E-state index is 13.1. The quantitative estimate of drug-likeness (QED) is 0.206. The van der Waals surface area contributed by atoms with Crippen molar-refractivity contribution < 1.29 is 23.9 Å². The molecule has 2 N–H and O–H groups in total. The Morgan fingerprint density at radius 3 is 2.56 bits per heavy atom. The zero-order valence-electron chi connectivity index (χ0n) is 21.2. The van der Waals surface area contributed by atoms with Crippen LogP contribution in [0.5, 0.6) is 17.2 Å². The fraction of sp³-hybridized carbons (Fsp3) is 0.214. The van der Waals surface area contributed by atoms with Gasteiger partial charge in [-0.3, -0.25) is 14.9 Å². The normalized spacial score (nSPS) is 14.2. The maximum Gasteiger partial charge on any atom is 0.310 e. The fourth-order valence-electron chi connectivity index (χ4n) is 4.64. The number of nitro groups is 1. The van der Waals surface area contributed by atoms with Gasteiger partial charge in [0.15, 0.2) is 16.7 Å². The molecule has 0 atom stereocenters. The number of carbonyl (C=O) groups is 1. The lowest BCUT2D eigenvalue weighted by atomic mass is 9.90. The smallest absolute Gasteiger partial charge is 0.310 e. The van der Waals surface area contributed by atoms with E-state index in [0.717, 1.165) is 16.7 Å². The van der Waals surface area contributed by atoms with Crippen LogP contribution in [0.4, 0.5) is 17.1 Å². The van der Waals surface area contributed by atoms with Crippen LogP contribution in [0, 0.1) is 10.1 Å². The molecular formula is C28H25ClN4O6. The Bertz CT molecular complexity index is 1530. The van der Waals surface area contributed by atoms with E-state index in [-0.39, 0.29) is 17.3 Å². The van der Waals surface area contributed by atoms with Gasteiger partial charge in [0, 0.05) is 36.0 Å². The second-order valence-electron chi connectivity index (χ2n) is 8.89. The zero-order valence-corrected chi connectivity index (χ0v) is 22.0. The molecular weight excluding hydrogens is 524 g/mol. The minimum atomic E-state index is -0.477. The second-order valence-corrected chi connectivity index (χ2v) is 9.24. The van der Waals surface area contributed by atoms with Crippen molar-refractivity contribution in [2.75, 3.05) is 31.5 Å². The van der Waals surface area contributed by atoms with Gasteiger partial charge in [-0.1, -0.05) is 11.6 Å². The van der Waals surface area contributed by atoms with E-state index in [4.69, 9.17) is 25.8 Å². The van der Waals surface area contributed by atoms with Gasteiger partial charge in [0.1, 0.15) is 5.75 Å². The van der Waals surface area contributed by atoms with E-state index < -0.39 is 4.92 Å². The lowest BCUT2D eigenvalue weighted by Crippen LogP contribution is -2.16. The van der Waals surface area contributed by atoms with Crippen LogP contribution in [-0.4, -0.2) is 36.6 Å². The van der Waals surface area contributed by atoms with E-state index >= 15 is 0 Å². The average molecular weight is 549 g/mol. The van der Waals surface area contributed by atoms with Crippen LogP contribution in [-0.2, 0) is 11.2 Å². The van der Waals surface area contributed by atoms with E-state index in [2.05, 4.69) is 15.6 Å². The molecule has 0 fully saturated rings. The summed E-state index contributed by atoms with van der Waals surface area (Å²) in [6.07, 6.45) is 5.11. The van der Waals surface area contributed by atoms with Crippen molar-refractivity contribution in [3.63, 3.8) is 0 Å². The number of hydrogen-bond acceptors (Lipinski definition) is 8. The molecule has 0 unspecified atom stereocenters. The van der Waals surface area contributed by atoms with Crippen LogP contribution in [0.3, 0.4) is 0 Å². The second kappa shape index (κ2) is 11.0. The number of benzene rings is 2. The summed E-state index contributed by atoms with van der Waals surface area (Å²) in [5, 5.41) is 18.0. The number of carbonyl (C=O) groups excluding carboxylic acids is 1. The van der Waals surface area contributed by atoms with Crippen molar-refractivity contribution in [3.05, 3.63) is 92.4 Å². The number of nitrogens with one attached hydrogen (secondary N) is 2. The van der Waals surface area contributed by atoms with E-state index in [1.165, 1.54) is 13.2 Å². The number of allylic oxidation sites excluding steroid dienone is 2. The van der Waals surface area contributed by atoms with Crippen molar-refractivity contribution in [3.8, 4) is 17.2 Å². The van der Waals surface area contributed by atoms with Gasteiger partial charge in [-0.2, -0.15) is 0 Å². The van der Waals surface area contributed by atoms with Gasteiger partial charge in [-0.25, -0.2) is 4.98 Å². The number of rotatable bonds is 8. The number of hydrogen-bond donors (Lipinski definition) is 2. The number of nitro benzene ring substituents is 1. The van der Waals surface area contributed by atoms with Gasteiger partial charge in [0.05, 0.1) is 37.1 Å². The minimum Gasteiger partial charge on any atom is -0.496 e. The summed E-state index contributed by atoms with van der Waals surface area (Å²) in [7, 11) is 2.98. The highest BCUT2D eigenvalue weighted by atomic mass is 35.5. The number of aromatic nitrogens is 1. The van der Waals surface area contributed by atoms with Crippen molar-refractivity contribution in [2.24, 2.45) is 0 Å². The Hall–Kier alpha value is -4.57. The van der Waals surface area contributed by atoms with Gasteiger partial charge >= 0.3 is 5.69 Å². The van der Waals surface area contributed by atoms with Gasteiger partial charge < -0.3 is 24.8 Å². The summed E-state index contributed by atoms with van der Waals surface area (Å²) < 4.78 is 16.6. The molecule has 1 amide bonds. The molecule has 2 aliphatic rings. The summed E-state index contributed by atoms with van der Waals surface area (Å²) >= 11 is 6.09. The predicted molar refractivity (Wildman–Crippen MR) is 148 cm³/mol. The molecule has 1 aliphatic carbocycles. The number of amides is 1. The highest BCUT2D eigenvalue weighted by molar-refractivity contribution is 6.30. The molecule has 2 heterocycles. The Kier molecular flexibility index (Phi) is 7.38. The monoisotopic (exact) mass is 548 g/mol. The lowest BCUT2D eigenvalue weighted by molar-refractivity contribution is -0.385. The molecule has 11 heteroatoms. The summed E-state index contributed by atoms with van der Waals surface area (Å²) in [5.41, 5.74) is 5.09. The zero-order chi connectivity index (χ0) is 27.5. The van der Waals surface area contributed by atoms with E-state index in [1.807, 2.05) is 12.1 Å². The maximum atomic E-state index is 13.1. The first kappa shape index (κ1) is 26.1. The summed E-state index contributed by atoms with van der Waals surface area (Å²) in [6.45, 7) is 0.340. The van der Waals surface area contributed by atoms with Crippen LogP contribution < -0.4 is 24.8 Å². The summed E-state index contributed by atoms with van der Waals surface area (Å²) in [5.74, 6) is 1.10. The SMILES string of the molecule is COc1cc2c(cc1CCOc1cccnc1Cl)NC1=C(CCC(c3ccc([N+](=O)[O-])c(OC)c3)=C1)C(=O)N2. The van der Waals surface area contributed by atoms with Crippen LogP contribution in [0.15, 0.2) is 66.0 Å². The number of halogens is 1. The molecule has 0 spiro atoms. The predicted octanol–water partition coefficient (Wildman–Crippen LogP) is 5.78. The third-order valence-electron chi connectivity index (χ3n) is 6.60. The number of nitrogens with zero attached hydrogens (tertiary/aromatic N) is 2. The minimum absolute atomic E-state index is 0.102. The first-order valence-corrected chi connectivity index (χ1v) is 12.5. The number of fused-ring (bicyclic) bond motifs is 1. The number of methoxy groups -OCH3 is 2. The van der Waals surface area contributed by atoms with E-state index in [1.54, 1.807) is 43.6 Å². The first-order valence-electron chi connectivity index (χ1n) is 12.2. The molecule has 200 valence electrons. The number of ether oxygens (including phenoxy) is 3. The molecule has 3 aromatic rings. The Balaban J connectivity index is 1.42. The first-order chi connectivity index (χ1) is 18.9. The lowest BCUT2D eigenvalue weighted by Gasteiger charge is -2.19. The highest BCUT2D eigenvalue weighted by Crippen LogP contribution is 2.40. The summed E-state index contributed by atoms with van der Waals surface area (Å²) in [6, 6.07) is 12.0. The molecule has 2 aromatic carbocycles. The largest absolute Gasteiger partial charge is 0.496 e. The van der Waals surface area contributed by atoms with Crippen LogP contribution in [0.25, 0.3) is 5.57 Å². The van der Waals surface area contributed by atoms with Gasteiger partial charge in [-0.15, -0.1) is 0 Å². The topological polar surface area (TPSA) is 125 Å². The molecule has 39 heavy (non-hydrogen) atoms. The van der Waals surface area contributed by atoms with Crippen LogP contribution in [0.1, 0.15) is 24.0 Å². The van der Waals surface area contributed by atoms with E-state index in [9.17, 15) is 14.9 Å². The molecule has 1 aliphatic heterocycles. The third-order valence-corrected chi connectivity index (χ3v) is 6.89. The molecule has 0 radical (unpaired) electrons. The summed E-state index contributed by atoms with van der Waals surface area (Å²) in [4.78, 5) is 27.9. The Morgan fingerprint density at radius 1 is 1.03 bits per heavy atom. The average Bonchev–Trinajstić information content (AvgIpc) is 3.07. The molecule has 0 saturated carbocycles. The standard InChI is InChI=1S/C28H25ClN4O6/c1-37-25-15-22-21(13-18(25)9-11-39-24-4-3-10-30-27(24)29)31-20-12-16(5-7-19(20)28(34)32-22)17-6-8-23(33(35)36)26(14-17)38-2/h3-4,6,8,10,12-15,31H,5,7,9,11H2,1-2H3,(H,32,34). The van der Waals surface area contributed by atoms with Crippen molar-refractivity contribution in [2.45, 2.75) is 19.3 Å². The van der Waals surface area contributed by atoms with E-state index in [0.29, 0.717) is 65.2 Å². The van der Waals surface area contributed by atoms with Crippen molar-refractivity contribution in [1.29, 1.82) is 0 Å². The molecule has 1 aromatic heterocycles. The number of pyridine rings is 1. The fourth-order valence-corrected chi connectivity index (χ4v) is 4.81. The third kappa shape index (κ3) is 5.37. The van der Waals surface area contributed by atoms with Crippen molar-refractivity contribution >= 4 is 40.1 Å². The van der Waals surface area contributed by atoms with Crippen LogP contribution in [0.2, 0.25) is 5.15 Å². The number of anilines is 2. The molecule has 10 nitrogen and oxygen atoms in total. The Morgan fingerprint density at radius 2 is 1.82 bits per heavy atom. The van der Waals surface area contributed by atoms with Crippen LogP contribution >= 0.6 is 11.6 Å². The molecule has 0 saturated heterocycles. The Labute approximate surface area is 229 Å². The van der Waals surface area contributed by atoms with Gasteiger partial charge in [0.25, 0.3) is 5.91 Å². The van der Waals surface area contributed by atoms with Gasteiger partial charge in [-0.05, 0) is 65.9 Å². The van der Waals surface area contributed by atoms with Crippen molar-refractivity contribution in [1.82, 2.24) is 4.98 Å².